The molecule has 6 heteroatoms. The molecule has 1 rings (SSSR count). The number of hydrogen-bond acceptors (Lipinski definition) is 2. The Hall–Kier alpha value is -0.780. The van der Waals surface area contributed by atoms with Crippen molar-refractivity contribution in [2.45, 2.75) is 12.6 Å². The standard InChI is InChI=1S/C7H10F3NO2/c8-7(9,10)5-1-4(6(12)13)2-11-3-5/h4-5,11H,1-3H2,(H,12,13)/t4-,5+/m0/s1. The maximum Gasteiger partial charge on any atom is 0.393 e. The molecule has 0 amide bonds. The molecule has 3 nitrogen and oxygen atoms in total. The predicted molar refractivity (Wildman–Crippen MR) is 38.2 cm³/mol. The number of alkyl halides is 3. The molecule has 2 N–H and O–H groups in total. The van der Waals surface area contributed by atoms with E-state index in [2.05, 4.69) is 5.32 Å². The van der Waals surface area contributed by atoms with Crippen molar-refractivity contribution < 1.29 is 23.1 Å². The summed E-state index contributed by atoms with van der Waals surface area (Å²) < 4.78 is 36.4. The Labute approximate surface area is 72.9 Å². The van der Waals surface area contributed by atoms with Crippen LogP contribution in [0.4, 0.5) is 13.2 Å². The SMILES string of the molecule is O=C(O)[C@@H]1CNC[C@H](C(F)(F)F)C1. The maximum absolute atomic E-state index is 12.1. The van der Waals surface area contributed by atoms with Gasteiger partial charge in [-0.2, -0.15) is 13.2 Å². The minimum absolute atomic E-state index is 0.127. The number of piperidine rings is 1. The Balaban J connectivity index is 2.57. The van der Waals surface area contributed by atoms with E-state index in [1.54, 1.807) is 0 Å². The van der Waals surface area contributed by atoms with E-state index in [0.29, 0.717) is 0 Å². The van der Waals surface area contributed by atoms with E-state index >= 15 is 0 Å². The van der Waals surface area contributed by atoms with Crippen LogP contribution in [-0.2, 0) is 4.79 Å². The van der Waals surface area contributed by atoms with E-state index in [-0.39, 0.29) is 19.5 Å². The number of hydrogen-bond donors (Lipinski definition) is 2. The van der Waals surface area contributed by atoms with Crippen LogP contribution < -0.4 is 5.32 Å². The largest absolute Gasteiger partial charge is 0.481 e. The summed E-state index contributed by atoms with van der Waals surface area (Å²) in [5.41, 5.74) is 0. The number of nitrogens with one attached hydrogen (secondary N) is 1. The molecule has 0 spiro atoms. The topological polar surface area (TPSA) is 49.3 Å². The first kappa shape index (κ1) is 10.3. The molecule has 1 heterocycles. The van der Waals surface area contributed by atoms with Crippen LogP contribution in [-0.4, -0.2) is 30.3 Å². The van der Waals surface area contributed by atoms with E-state index in [1.165, 1.54) is 0 Å². The van der Waals surface area contributed by atoms with E-state index in [9.17, 15) is 18.0 Å². The zero-order chi connectivity index (χ0) is 10.1. The molecule has 1 aliphatic heterocycles. The van der Waals surface area contributed by atoms with Gasteiger partial charge in [-0.1, -0.05) is 0 Å². The molecule has 0 aromatic rings. The predicted octanol–water partition coefficient (Wildman–Crippen LogP) is 0.859. The van der Waals surface area contributed by atoms with Crippen molar-refractivity contribution in [3.63, 3.8) is 0 Å². The van der Waals surface area contributed by atoms with Gasteiger partial charge in [-0.15, -0.1) is 0 Å². The van der Waals surface area contributed by atoms with E-state index in [1.807, 2.05) is 0 Å². The summed E-state index contributed by atoms with van der Waals surface area (Å²) in [4.78, 5) is 10.4. The molecule has 0 unspecified atom stereocenters. The minimum Gasteiger partial charge on any atom is -0.481 e. The smallest absolute Gasteiger partial charge is 0.393 e. The van der Waals surface area contributed by atoms with Gasteiger partial charge in [0.25, 0.3) is 0 Å². The number of halogens is 3. The highest BCUT2D eigenvalue weighted by atomic mass is 19.4. The van der Waals surface area contributed by atoms with Crippen molar-refractivity contribution in [3.05, 3.63) is 0 Å². The number of carboxylic acids is 1. The summed E-state index contributed by atoms with van der Waals surface area (Å²) in [6.45, 7) is -0.0464. The van der Waals surface area contributed by atoms with Gasteiger partial charge in [-0.05, 0) is 6.42 Å². The Kier molecular flexibility index (Phi) is 2.80. The normalized spacial score (nSPS) is 30.1. The summed E-state index contributed by atoms with van der Waals surface area (Å²) in [6, 6.07) is 0. The van der Waals surface area contributed by atoms with Crippen LogP contribution in [0.5, 0.6) is 0 Å². The fourth-order valence-corrected chi connectivity index (χ4v) is 1.38. The van der Waals surface area contributed by atoms with E-state index in [4.69, 9.17) is 5.11 Å². The molecule has 0 aromatic heterocycles. The highest BCUT2D eigenvalue weighted by Gasteiger charge is 2.43. The van der Waals surface area contributed by atoms with Crippen molar-refractivity contribution in [2.75, 3.05) is 13.1 Å². The summed E-state index contributed by atoms with van der Waals surface area (Å²) in [5, 5.41) is 11.0. The average Bonchev–Trinajstić information content (AvgIpc) is 2.03. The summed E-state index contributed by atoms with van der Waals surface area (Å²) in [7, 11) is 0. The molecule has 0 aromatic carbocycles. The Morgan fingerprint density at radius 3 is 2.46 bits per heavy atom. The number of carboxylic acid groups (broad SMARTS) is 1. The van der Waals surface area contributed by atoms with E-state index < -0.39 is 24.0 Å². The molecular formula is C7H10F3NO2. The third-order valence-corrected chi connectivity index (χ3v) is 2.16. The van der Waals surface area contributed by atoms with Gasteiger partial charge in [0, 0.05) is 13.1 Å². The van der Waals surface area contributed by atoms with E-state index in [0.717, 1.165) is 0 Å². The second-order valence-corrected chi connectivity index (χ2v) is 3.17. The molecule has 0 aliphatic carbocycles. The lowest BCUT2D eigenvalue weighted by Gasteiger charge is -2.28. The van der Waals surface area contributed by atoms with Crippen LogP contribution in [0, 0.1) is 11.8 Å². The molecule has 0 radical (unpaired) electrons. The monoisotopic (exact) mass is 197 g/mol. The van der Waals surface area contributed by atoms with Crippen molar-refractivity contribution >= 4 is 5.97 Å². The van der Waals surface area contributed by atoms with Gasteiger partial charge < -0.3 is 10.4 Å². The van der Waals surface area contributed by atoms with Crippen molar-refractivity contribution in [1.82, 2.24) is 5.32 Å². The van der Waals surface area contributed by atoms with Gasteiger partial charge in [-0.3, -0.25) is 4.79 Å². The second-order valence-electron chi connectivity index (χ2n) is 3.17. The lowest BCUT2D eigenvalue weighted by Crippen LogP contribution is -2.45. The molecule has 76 valence electrons. The average molecular weight is 197 g/mol. The van der Waals surface area contributed by atoms with Crippen molar-refractivity contribution in [1.29, 1.82) is 0 Å². The third-order valence-electron chi connectivity index (χ3n) is 2.16. The van der Waals surface area contributed by atoms with Gasteiger partial charge in [0.15, 0.2) is 0 Å². The molecule has 0 saturated carbocycles. The van der Waals surface area contributed by atoms with Crippen LogP contribution in [0.25, 0.3) is 0 Å². The van der Waals surface area contributed by atoms with Crippen molar-refractivity contribution in [2.24, 2.45) is 11.8 Å². The minimum atomic E-state index is -4.29. The fourth-order valence-electron chi connectivity index (χ4n) is 1.38. The van der Waals surface area contributed by atoms with Crippen LogP contribution >= 0.6 is 0 Å². The lowest BCUT2D eigenvalue weighted by molar-refractivity contribution is -0.184. The Bertz CT molecular complexity index is 204. The van der Waals surface area contributed by atoms with Crippen LogP contribution in [0.15, 0.2) is 0 Å². The van der Waals surface area contributed by atoms with Crippen molar-refractivity contribution in [3.8, 4) is 0 Å². The highest BCUT2D eigenvalue weighted by molar-refractivity contribution is 5.70. The van der Waals surface area contributed by atoms with Gasteiger partial charge in [0.1, 0.15) is 0 Å². The van der Waals surface area contributed by atoms with Crippen LogP contribution in [0.1, 0.15) is 6.42 Å². The fraction of sp³-hybridized carbons (Fsp3) is 0.857. The number of aliphatic carboxylic acids is 1. The summed E-state index contributed by atoms with van der Waals surface area (Å²) in [5.74, 6) is -3.61. The summed E-state index contributed by atoms with van der Waals surface area (Å²) >= 11 is 0. The molecule has 2 atom stereocenters. The number of carbonyl (C=O) groups is 1. The Morgan fingerprint density at radius 1 is 1.38 bits per heavy atom. The highest BCUT2D eigenvalue weighted by Crippen LogP contribution is 2.32. The van der Waals surface area contributed by atoms with Gasteiger partial charge in [0.05, 0.1) is 11.8 Å². The first-order valence-electron chi connectivity index (χ1n) is 3.91. The molecule has 1 saturated heterocycles. The van der Waals surface area contributed by atoms with Gasteiger partial charge in [0.2, 0.25) is 0 Å². The molecule has 1 fully saturated rings. The maximum atomic E-state index is 12.1. The third kappa shape index (κ3) is 2.58. The molecular weight excluding hydrogens is 187 g/mol. The number of rotatable bonds is 1. The Morgan fingerprint density at radius 2 is 2.00 bits per heavy atom. The second kappa shape index (κ2) is 3.53. The first-order valence-corrected chi connectivity index (χ1v) is 3.91. The zero-order valence-electron chi connectivity index (χ0n) is 6.77. The van der Waals surface area contributed by atoms with Crippen LogP contribution in [0.3, 0.4) is 0 Å². The van der Waals surface area contributed by atoms with Gasteiger partial charge >= 0.3 is 12.1 Å². The van der Waals surface area contributed by atoms with Crippen LogP contribution in [0.2, 0.25) is 0 Å². The molecule has 13 heavy (non-hydrogen) atoms. The zero-order valence-corrected chi connectivity index (χ0v) is 6.77. The quantitative estimate of drug-likeness (QED) is 0.655. The van der Waals surface area contributed by atoms with Gasteiger partial charge in [-0.25, -0.2) is 0 Å². The lowest BCUT2D eigenvalue weighted by atomic mass is 9.90. The first-order chi connectivity index (χ1) is 5.91. The molecule has 1 aliphatic rings. The summed E-state index contributed by atoms with van der Waals surface area (Å²) in [6.07, 6.45) is -4.60. The molecule has 0 bridgehead atoms.